The van der Waals surface area contributed by atoms with Crippen molar-refractivity contribution in [3.8, 4) is 0 Å². The van der Waals surface area contributed by atoms with Crippen LogP contribution >= 0.6 is 23.3 Å². The number of halogens is 1. The number of aliphatic hydroxyl groups is 1. The number of nitrogens with one attached hydrogen (secondary N) is 2. The molecule has 1 aromatic heterocycles. The van der Waals surface area contributed by atoms with Crippen LogP contribution in [0.1, 0.15) is 16.0 Å². The van der Waals surface area contributed by atoms with Crippen LogP contribution < -0.4 is 5.32 Å². The molecule has 0 saturated carbocycles. The average Bonchev–Trinajstić information content (AvgIpc) is 3.28. The van der Waals surface area contributed by atoms with E-state index in [0.717, 1.165) is 21.7 Å². The van der Waals surface area contributed by atoms with Gasteiger partial charge in [0.1, 0.15) is 17.3 Å². The Morgan fingerprint density at radius 3 is 2.67 bits per heavy atom. The van der Waals surface area contributed by atoms with Gasteiger partial charge in [-0.05, 0) is 72.5 Å². The first-order chi connectivity index (χ1) is 14.5. The van der Waals surface area contributed by atoms with Crippen LogP contribution in [-0.2, 0) is 6.42 Å². The van der Waals surface area contributed by atoms with Crippen molar-refractivity contribution in [2.45, 2.75) is 18.2 Å². The molecule has 0 bridgehead atoms. The van der Waals surface area contributed by atoms with E-state index in [2.05, 4.69) is 16.4 Å². The lowest BCUT2D eigenvalue weighted by atomic mass is 10.0. The number of anilines is 1. The first-order valence-corrected chi connectivity index (χ1v) is 10.9. The molecule has 3 aromatic rings. The Hall–Kier alpha value is -2.90. The molecule has 0 aliphatic heterocycles. The van der Waals surface area contributed by atoms with Crippen molar-refractivity contribution in [1.29, 1.82) is 5.41 Å². The minimum atomic E-state index is -0.309. The number of aryl methyl sites for hydroxylation is 1. The molecule has 1 heterocycles. The SMILES string of the molecule is C=NSc1cc(C)ccc1NC/C(Cc1ccc(F)cc1)=C(\O)C(=N)c1cccs1. The summed E-state index contributed by atoms with van der Waals surface area (Å²) < 4.78 is 17.2. The Balaban J connectivity index is 1.89. The van der Waals surface area contributed by atoms with Gasteiger partial charge in [0, 0.05) is 24.2 Å². The minimum Gasteiger partial charge on any atom is -0.506 e. The highest BCUT2D eigenvalue weighted by atomic mass is 32.2. The number of aliphatic hydroxyl groups excluding tert-OH is 1. The fraction of sp³-hybridized carbons (Fsp3) is 0.130. The number of rotatable bonds is 9. The Bertz CT molecular complexity index is 1060. The summed E-state index contributed by atoms with van der Waals surface area (Å²) in [5, 5.41) is 24.5. The zero-order valence-corrected chi connectivity index (χ0v) is 18.1. The Labute approximate surface area is 183 Å². The van der Waals surface area contributed by atoms with Crippen molar-refractivity contribution in [3.63, 3.8) is 0 Å². The second-order valence-electron chi connectivity index (χ2n) is 6.68. The molecule has 0 aliphatic carbocycles. The summed E-state index contributed by atoms with van der Waals surface area (Å²) in [6.45, 7) is 5.87. The molecule has 0 aliphatic rings. The largest absolute Gasteiger partial charge is 0.506 e. The molecule has 7 heteroatoms. The third kappa shape index (κ3) is 5.58. The summed E-state index contributed by atoms with van der Waals surface area (Å²) in [4.78, 5) is 1.62. The molecule has 0 unspecified atom stereocenters. The number of hydrogen-bond acceptors (Lipinski definition) is 6. The number of nitrogens with zero attached hydrogens (tertiary/aromatic N) is 1. The summed E-state index contributed by atoms with van der Waals surface area (Å²) in [6, 6.07) is 15.8. The summed E-state index contributed by atoms with van der Waals surface area (Å²) >= 11 is 2.68. The standard InChI is InChI=1S/C23H22FN3OS2/c1-15-5-10-19(21(12-15)30-26-2)27-14-17(13-16-6-8-18(24)9-7-16)23(28)22(25)20-4-3-11-29-20/h3-12,25,27-28H,2,13-14H2,1H3/b23-17-,25-22?. The number of allylic oxidation sites excluding steroid dienone is 1. The van der Waals surface area contributed by atoms with E-state index in [-0.39, 0.29) is 17.3 Å². The van der Waals surface area contributed by atoms with Crippen molar-refractivity contribution >= 4 is 41.4 Å². The number of benzene rings is 2. The first kappa shape index (κ1) is 21.8. The summed E-state index contributed by atoms with van der Waals surface area (Å²) in [7, 11) is 0. The maximum absolute atomic E-state index is 13.3. The highest BCUT2D eigenvalue weighted by molar-refractivity contribution is 7.98. The third-order valence-corrected chi connectivity index (χ3v) is 6.01. The molecule has 0 radical (unpaired) electrons. The van der Waals surface area contributed by atoms with E-state index in [1.165, 1.54) is 35.4 Å². The molecule has 0 saturated heterocycles. The molecular weight excluding hydrogens is 417 g/mol. The fourth-order valence-electron chi connectivity index (χ4n) is 2.92. The zero-order valence-electron chi connectivity index (χ0n) is 16.5. The van der Waals surface area contributed by atoms with Gasteiger partial charge in [0.15, 0.2) is 0 Å². The third-order valence-electron chi connectivity index (χ3n) is 4.46. The fourth-order valence-corrected chi connectivity index (χ4v) is 4.21. The molecule has 0 atom stereocenters. The summed E-state index contributed by atoms with van der Waals surface area (Å²) in [5.74, 6) is -0.381. The van der Waals surface area contributed by atoms with Crippen LogP contribution in [0.3, 0.4) is 0 Å². The molecule has 3 rings (SSSR count). The predicted molar refractivity (Wildman–Crippen MR) is 126 cm³/mol. The molecule has 3 N–H and O–H groups in total. The lowest BCUT2D eigenvalue weighted by molar-refractivity contribution is 0.434. The van der Waals surface area contributed by atoms with Gasteiger partial charge in [-0.15, -0.1) is 11.3 Å². The van der Waals surface area contributed by atoms with Gasteiger partial charge < -0.3 is 10.4 Å². The van der Waals surface area contributed by atoms with E-state index in [1.54, 1.807) is 18.2 Å². The van der Waals surface area contributed by atoms with E-state index in [0.29, 0.717) is 23.4 Å². The van der Waals surface area contributed by atoms with Gasteiger partial charge in [-0.2, -0.15) is 0 Å². The minimum absolute atomic E-state index is 0.0718. The maximum atomic E-state index is 13.3. The first-order valence-electron chi connectivity index (χ1n) is 9.23. The summed E-state index contributed by atoms with van der Waals surface area (Å²) in [5.41, 5.74) is 3.55. The lowest BCUT2D eigenvalue weighted by Crippen LogP contribution is -2.14. The van der Waals surface area contributed by atoms with Gasteiger partial charge >= 0.3 is 0 Å². The highest BCUT2D eigenvalue weighted by Crippen LogP contribution is 2.29. The maximum Gasteiger partial charge on any atom is 0.143 e. The predicted octanol–water partition coefficient (Wildman–Crippen LogP) is 6.44. The molecule has 2 aromatic carbocycles. The Kier molecular flexibility index (Phi) is 7.43. The van der Waals surface area contributed by atoms with E-state index in [4.69, 9.17) is 5.41 Å². The highest BCUT2D eigenvalue weighted by Gasteiger charge is 2.15. The van der Waals surface area contributed by atoms with E-state index in [1.807, 2.05) is 36.6 Å². The Morgan fingerprint density at radius 1 is 1.23 bits per heavy atom. The average molecular weight is 440 g/mol. The molecule has 4 nitrogen and oxygen atoms in total. The van der Waals surface area contributed by atoms with Crippen molar-refractivity contribution < 1.29 is 9.50 Å². The van der Waals surface area contributed by atoms with Crippen molar-refractivity contribution in [3.05, 3.63) is 93.1 Å². The van der Waals surface area contributed by atoms with Gasteiger partial charge in [0.05, 0.1) is 9.77 Å². The van der Waals surface area contributed by atoms with E-state index >= 15 is 0 Å². The van der Waals surface area contributed by atoms with Crippen LogP contribution in [-0.4, -0.2) is 24.1 Å². The second-order valence-corrected chi connectivity index (χ2v) is 8.51. The van der Waals surface area contributed by atoms with E-state index < -0.39 is 0 Å². The van der Waals surface area contributed by atoms with Crippen molar-refractivity contribution in [1.82, 2.24) is 0 Å². The molecular formula is C23H22FN3OS2. The van der Waals surface area contributed by atoms with Crippen molar-refractivity contribution in [2.24, 2.45) is 4.40 Å². The van der Waals surface area contributed by atoms with Crippen LogP contribution in [0.4, 0.5) is 10.1 Å². The number of thiophene rings is 1. The van der Waals surface area contributed by atoms with Gasteiger partial charge in [-0.1, -0.05) is 24.3 Å². The van der Waals surface area contributed by atoms with Gasteiger partial charge in [0.2, 0.25) is 0 Å². The monoisotopic (exact) mass is 439 g/mol. The normalized spacial score (nSPS) is 11.7. The molecule has 0 spiro atoms. The second kappa shape index (κ2) is 10.2. The van der Waals surface area contributed by atoms with Crippen LogP contribution in [0.2, 0.25) is 0 Å². The smallest absolute Gasteiger partial charge is 0.143 e. The zero-order chi connectivity index (χ0) is 21.5. The molecule has 0 amide bonds. The number of hydrogen-bond donors (Lipinski definition) is 3. The topological polar surface area (TPSA) is 68.5 Å². The van der Waals surface area contributed by atoms with Gasteiger partial charge in [0.25, 0.3) is 0 Å². The molecule has 30 heavy (non-hydrogen) atoms. The van der Waals surface area contributed by atoms with Crippen LogP contribution in [0.15, 0.2) is 80.6 Å². The summed E-state index contributed by atoms with van der Waals surface area (Å²) in [6.07, 6.45) is 0.390. The van der Waals surface area contributed by atoms with Gasteiger partial charge in [-0.3, -0.25) is 5.41 Å². The van der Waals surface area contributed by atoms with Gasteiger partial charge in [-0.25, -0.2) is 8.79 Å². The molecule has 0 fully saturated rings. The molecule has 154 valence electrons. The lowest BCUT2D eigenvalue weighted by Gasteiger charge is -2.16. The van der Waals surface area contributed by atoms with Crippen LogP contribution in [0.5, 0.6) is 0 Å². The van der Waals surface area contributed by atoms with Crippen LogP contribution in [0, 0.1) is 18.2 Å². The van der Waals surface area contributed by atoms with Crippen molar-refractivity contribution in [2.75, 3.05) is 11.9 Å². The Morgan fingerprint density at radius 2 is 2.00 bits per heavy atom. The van der Waals surface area contributed by atoms with E-state index in [9.17, 15) is 9.50 Å². The van der Waals surface area contributed by atoms with Crippen LogP contribution in [0.25, 0.3) is 0 Å². The quantitative estimate of drug-likeness (QED) is 0.204.